The van der Waals surface area contributed by atoms with Crippen LogP contribution in [0.4, 0.5) is 4.39 Å². The van der Waals surface area contributed by atoms with E-state index in [0.717, 1.165) is 69.5 Å². The van der Waals surface area contributed by atoms with Crippen LogP contribution in [0.3, 0.4) is 0 Å². The minimum absolute atomic E-state index is 0. The number of likely N-dealkylation sites (tertiary alicyclic amines) is 1. The number of carboxylic acid groups (broad SMARTS) is 1. The van der Waals surface area contributed by atoms with Crippen LogP contribution >= 0.6 is 48.6 Å². The Bertz CT molecular complexity index is 1400. The molecule has 0 amide bonds. The zero-order valence-electron chi connectivity index (χ0n) is 28.1. The number of piperidine rings is 1. The first-order valence-corrected chi connectivity index (χ1v) is 17.0. The standard InChI is InChI=1S/C36H48FN3O3S.3ClH/c1-6-32-35(44-33(38-32)18-24-10-12-30(43-5)13-11-24)25-14-16-40(17-15-25)22-27-20-29(39(4)34(23(2)3)36(41)42)21-31(27)26-8-7-9-28(37)19-26;;;/h7-13,19,23,25,27,29,31,34H,6,14-18,20-22H2,1-5H3,(H,41,42);3*1H/t27?,29?,31?,34-;;;/m1.../s1. The zero-order chi connectivity index (χ0) is 31.4. The molecule has 2 fully saturated rings. The molecule has 262 valence electrons. The number of thiazole rings is 1. The van der Waals surface area contributed by atoms with Gasteiger partial charge in [-0.15, -0.1) is 48.6 Å². The number of aliphatic carboxylic acids is 1. The number of carbonyl (C=O) groups is 1. The Balaban J connectivity index is 0.00000256. The van der Waals surface area contributed by atoms with E-state index in [-0.39, 0.29) is 60.9 Å². The summed E-state index contributed by atoms with van der Waals surface area (Å²) in [6, 6.07) is 14.9. The van der Waals surface area contributed by atoms with Crippen LogP contribution in [0.1, 0.15) is 85.0 Å². The van der Waals surface area contributed by atoms with E-state index in [0.29, 0.717) is 11.8 Å². The number of hydrogen-bond donors (Lipinski definition) is 1. The molecule has 2 heterocycles. The fraction of sp³-hybridized carbons (Fsp3) is 0.556. The lowest BCUT2D eigenvalue weighted by Gasteiger charge is -2.35. The zero-order valence-corrected chi connectivity index (χ0v) is 31.3. The molecule has 0 bridgehead atoms. The summed E-state index contributed by atoms with van der Waals surface area (Å²) in [5.74, 6) is 1.02. The number of aryl methyl sites for hydroxylation is 1. The Morgan fingerprint density at radius 1 is 1.11 bits per heavy atom. The van der Waals surface area contributed by atoms with Crippen molar-refractivity contribution in [3.8, 4) is 5.75 Å². The van der Waals surface area contributed by atoms with Gasteiger partial charge in [0.15, 0.2) is 0 Å². The van der Waals surface area contributed by atoms with Crippen LogP contribution in [0.5, 0.6) is 5.75 Å². The summed E-state index contributed by atoms with van der Waals surface area (Å²) in [6.07, 6.45) is 5.82. The van der Waals surface area contributed by atoms with E-state index in [9.17, 15) is 14.3 Å². The topological polar surface area (TPSA) is 65.9 Å². The molecule has 1 aliphatic heterocycles. The van der Waals surface area contributed by atoms with Crippen LogP contribution in [0, 0.1) is 17.7 Å². The highest BCUT2D eigenvalue weighted by Gasteiger charge is 2.42. The van der Waals surface area contributed by atoms with Gasteiger partial charge in [0.1, 0.15) is 17.6 Å². The van der Waals surface area contributed by atoms with Gasteiger partial charge in [0.05, 0.1) is 17.8 Å². The molecule has 6 nitrogen and oxygen atoms in total. The molecule has 5 rings (SSSR count). The Morgan fingerprint density at radius 2 is 1.79 bits per heavy atom. The van der Waals surface area contributed by atoms with Gasteiger partial charge in [-0.05, 0) is 111 Å². The van der Waals surface area contributed by atoms with Crippen molar-refractivity contribution >= 4 is 54.5 Å². The lowest BCUT2D eigenvalue weighted by molar-refractivity contribution is -0.145. The first-order chi connectivity index (χ1) is 21.2. The van der Waals surface area contributed by atoms with E-state index in [1.807, 2.05) is 56.5 Å². The number of carboxylic acids is 1. The van der Waals surface area contributed by atoms with Crippen molar-refractivity contribution in [1.29, 1.82) is 0 Å². The summed E-state index contributed by atoms with van der Waals surface area (Å²) >= 11 is 1.89. The Morgan fingerprint density at radius 3 is 2.36 bits per heavy atom. The van der Waals surface area contributed by atoms with Gasteiger partial charge in [0.25, 0.3) is 0 Å². The monoisotopic (exact) mass is 729 g/mol. The van der Waals surface area contributed by atoms with Gasteiger partial charge >= 0.3 is 5.97 Å². The molecule has 4 atom stereocenters. The highest BCUT2D eigenvalue weighted by Crippen LogP contribution is 2.44. The van der Waals surface area contributed by atoms with Crippen LogP contribution in [-0.4, -0.2) is 71.7 Å². The molecule has 1 saturated heterocycles. The largest absolute Gasteiger partial charge is 0.497 e. The number of aromatic nitrogens is 1. The number of nitrogens with zero attached hydrogens (tertiary/aromatic N) is 3. The number of methoxy groups -OCH3 is 1. The fourth-order valence-corrected chi connectivity index (χ4v) is 8.98. The van der Waals surface area contributed by atoms with Gasteiger partial charge in [0.2, 0.25) is 0 Å². The first-order valence-electron chi connectivity index (χ1n) is 16.2. The summed E-state index contributed by atoms with van der Waals surface area (Å²) in [6.45, 7) is 9.20. The van der Waals surface area contributed by atoms with Gasteiger partial charge in [-0.1, -0.05) is 45.0 Å². The molecule has 1 N–H and O–H groups in total. The molecule has 2 aromatic carbocycles. The number of rotatable bonds is 12. The van der Waals surface area contributed by atoms with E-state index in [4.69, 9.17) is 9.72 Å². The normalized spacial score (nSPS) is 20.7. The average molecular weight is 731 g/mol. The predicted octanol–water partition coefficient (Wildman–Crippen LogP) is 8.49. The number of benzene rings is 2. The molecule has 1 aromatic heterocycles. The van der Waals surface area contributed by atoms with Crippen molar-refractivity contribution in [3.63, 3.8) is 0 Å². The van der Waals surface area contributed by atoms with Gasteiger partial charge in [-0.3, -0.25) is 9.69 Å². The fourth-order valence-electron chi connectivity index (χ4n) is 7.62. The molecule has 1 saturated carbocycles. The maximum Gasteiger partial charge on any atom is 0.321 e. The molecule has 0 spiro atoms. The summed E-state index contributed by atoms with van der Waals surface area (Å²) in [5, 5.41) is 11.1. The molecular weight excluding hydrogens is 680 g/mol. The second kappa shape index (κ2) is 18.7. The predicted molar refractivity (Wildman–Crippen MR) is 197 cm³/mol. The van der Waals surface area contributed by atoms with Gasteiger partial charge in [-0.25, -0.2) is 9.37 Å². The summed E-state index contributed by atoms with van der Waals surface area (Å²) in [5.41, 5.74) is 3.54. The molecule has 2 aliphatic rings. The lowest BCUT2D eigenvalue weighted by Crippen LogP contribution is -2.47. The summed E-state index contributed by atoms with van der Waals surface area (Å²) in [7, 11) is 3.65. The molecular formula is C36H51Cl3FN3O3S. The van der Waals surface area contributed by atoms with E-state index in [1.165, 1.54) is 27.2 Å². The number of likely N-dealkylation sites (N-methyl/N-ethyl adjacent to an activating group) is 1. The number of hydrogen-bond acceptors (Lipinski definition) is 6. The molecule has 47 heavy (non-hydrogen) atoms. The second-order valence-electron chi connectivity index (χ2n) is 13.1. The van der Waals surface area contributed by atoms with E-state index in [1.54, 1.807) is 13.2 Å². The molecule has 0 radical (unpaired) electrons. The SMILES string of the molecule is CCc1nc(Cc2ccc(OC)cc2)sc1C1CCN(CC2CC(N(C)[C@@H](C(=O)O)C(C)C)CC2c2cccc(F)c2)CC1.Cl.Cl.Cl. The third-order valence-corrected chi connectivity index (χ3v) is 11.2. The minimum atomic E-state index is -0.767. The highest BCUT2D eigenvalue weighted by molar-refractivity contribution is 7.11. The smallest absolute Gasteiger partial charge is 0.321 e. The summed E-state index contributed by atoms with van der Waals surface area (Å²) < 4.78 is 19.6. The maximum absolute atomic E-state index is 14.3. The molecule has 3 unspecified atom stereocenters. The van der Waals surface area contributed by atoms with Crippen LogP contribution in [0.25, 0.3) is 0 Å². The Kier molecular flexibility index (Phi) is 16.4. The molecule has 1 aliphatic carbocycles. The van der Waals surface area contributed by atoms with Crippen molar-refractivity contribution in [2.24, 2.45) is 11.8 Å². The van der Waals surface area contributed by atoms with Crippen molar-refractivity contribution in [2.45, 2.75) is 83.2 Å². The third-order valence-electron chi connectivity index (χ3n) is 9.92. The van der Waals surface area contributed by atoms with Gasteiger partial charge in [-0.2, -0.15) is 0 Å². The van der Waals surface area contributed by atoms with E-state index in [2.05, 4.69) is 28.9 Å². The number of halogens is 4. The first kappa shape index (κ1) is 41.2. The Hall–Kier alpha value is -1.94. The third kappa shape index (κ3) is 10.1. The molecule has 3 aromatic rings. The quantitative estimate of drug-likeness (QED) is 0.202. The second-order valence-corrected chi connectivity index (χ2v) is 14.2. The van der Waals surface area contributed by atoms with E-state index < -0.39 is 12.0 Å². The van der Waals surface area contributed by atoms with Gasteiger partial charge in [0, 0.05) is 23.9 Å². The van der Waals surface area contributed by atoms with Gasteiger partial charge < -0.3 is 14.7 Å². The van der Waals surface area contributed by atoms with Crippen LogP contribution in [-0.2, 0) is 17.6 Å². The van der Waals surface area contributed by atoms with E-state index >= 15 is 0 Å². The van der Waals surface area contributed by atoms with Crippen molar-refractivity contribution in [1.82, 2.24) is 14.8 Å². The average Bonchev–Trinajstić information content (AvgIpc) is 3.62. The lowest BCUT2D eigenvalue weighted by atomic mass is 9.87. The molecule has 11 heteroatoms. The minimum Gasteiger partial charge on any atom is -0.497 e. The van der Waals surface area contributed by atoms with Crippen molar-refractivity contribution in [2.75, 3.05) is 33.8 Å². The number of ether oxygens (including phenoxy) is 1. The van der Waals surface area contributed by atoms with Crippen molar-refractivity contribution < 1.29 is 19.0 Å². The van der Waals surface area contributed by atoms with Crippen molar-refractivity contribution in [3.05, 3.63) is 81.1 Å². The summed E-state index contributed by atoms with van der Waals surface area (Å²) in [4.78, 5) is 23.3. The Labute approximate surface area is 302 Å². The highest BCUT2D eigenvalue weighted by atomic mass is 35.5. The maximum atomic E-state index is 14.3. The van der Waals surface area contributed by atoms with Crippen LogP contribution in [0.2, 0.25) is 0 Å². The van der Waals surface area contributed by atoms with Crippen LogP contribution < -0.4 is 4.74 Å². The van der Waals surface area contributed by atoms with Crippen LogP contribution in [0.15, 0.2) is 48.5 Å².